The summed E-state index contributed by atoms with van der Waals surface area (Å²) in [5.74, 6) is 0.267. The van der Waals surface area contributed by atoms with Crippen molar-refractivity contribution in [2.45, 2.75) is 51.4 Å². The summed E-state index contributed by atoms with van der Waals surface area (Å²) < 4.78 is 0. The molecule has 0 radical (unpaired) electrons. The van der Waals surface area contributed by atoms with Crippen molar-refractivity contribution in [3.63, 3.8) is 0 Å². The van der Waals surface area contributed by atoms with Gasteiger partial charge in [0.05, 0.1) is 12.0 Å². The van der Waals surface area contributed by atoms with Crippen LogP contribution >= 0.6 is 0 Å². The topological polar surface area (TPSA) is 69.6 Å². The second kappa shape index (κ2) is 6.57. The molecule has 5 nitrogen and oxygen atoms in total. The molecule has 22 heavy (non-hydrogen) atoms. The SMILES string of the molecule is O=C(CN1C[C@@H]2CCC[C@@]2(C(=O)O)C1)NCC1CCCCC1. The van der Waals surface area contributed by atoms with E-state index >= 15 is 0 Å². The zero-order chi connectivity index (χ0) is 15.6. The standard InChI is InChI=1S/C17H28N2O3/c20-15(18-9-13-5-2-1-3-6-13)11-19-10-14-7-4-8-17(14,12-19)16(21)22/h13-14H,1-12H2,(H,18,20)(H,21,22)/t14-,17+/m0/s1. The summed E-state index contributed by atoms with van der Waals surface area (Å²) in [6.07, 6.45) is 9.14. The summed E-state index contributed by atoms with van der Waals surface area (Å²) in [4.78, 5) is 25.8. The van der Waals surface area contributed by atoms with Crippen LogP contribution in [-0.4, -0.2) is 48.1 Å². The molecule has 1 heterocycles. The van der Waals surface area contributed by atoms with Gasteiger partial charge in [-0.05, 0) is 37.5 Å². The Hall–Kier alpha value is -1.10. The fourth-order valence-corrected chi connectivity index (χ4v) is 4.77. The van der Waals surface area contributed by atoms with Crippen LogP contribution in [0.4, 0.5) is 0 Å². The molecule has 0 spiro atoms. The number of aliphatic carboxylic acids is 1. The van der Waals surface area contributed by atoms with Crippen molar-refractivity contribution in [2.24, 2.45) is 17.3 Å². The summed E-state index contributed by atoms with van der Waals surface area (Å²) >= 11 is 0. The van der Waals surface area contributed by atoms with Crippen LogP contribution in [-0.2, 0) is 9.59 Å². The Morgan fingerprint density at radius 1 is 1.14 bits per heavy atom. The molecule has 2 saturated carbocycles. The number of carbonyl (C=O) groups excluding carboxylic acids is 1. The molecule has 0 aromatic rings. The lowest BCUT2D eigenvalue weighted by atomic mass is 9.81. The minimum absolute atomic E-state index is 0.0612. The minimum Gasteiger partial charge on any atom is -0.481 e. The summed E-state index contributed by atoms with van der Waals surface area (Å²) in [5, 5.41) is 12.6. The Morgan fingerprint density at radius 3 is 2.59 bits per heavy atom. The molecule has 1 saturated heterocycles. The second-order valence-electron chi connectivity index (χ2n) is 7.53. The van der Waals surface area contributed by atoms with Crippen LogP contribution < -0.4 is 5.32 Å². The number of amides is 1. The normalized spacial score (nSPS) is 32.8. The number of likely N-dealkylation sites (tertiary alicyclic amines) is 1. The lowest BCUT2D eigenvalue weighted by Gasteiger charge is -2.24. The number of nitrogens with one attached hydrogen (secondary N) is 1. The van der Waals surface area contributed by atoms with Crippen LogP contribution in [0.5, 0.6) is 0 Å². The molecule has 2 aliphatic carbocycles. The highest BCUT2D eigenvalue weighted by atomic mass is 16.4. The fraction of sp³-hybridized carbons (Fsp3) is 0.882. The van der Waals surface area contributed by atoms with Gasteiger partial charge in [0.15, 0.2) is 0 Å². The van der Waals surface area contributed by atoms with Crippen LogP contribution in [0, 0.1) is 17.3 Å². The van der Waals surface area contributed by atoms with E-state index in [2.05, 4.69) is 5.32 Å². The molecular formula is C17H28N2O3. The third-order valence-electron chi connectivity index (χ3n) is 6.05. The van der Waals surface area contributed by atoms with Gasteiger partial charge in [-0.2, -0.15) is 0 Å². The average Bonchev–Trinajstić information content (AvgIpc) is 3.04. The van der Waals surface area contributed by atoms with Gasteiger partial charge in [-0.3, -0.25) is 14.5 Å². The molecule has 3 rings (SSSR count). The van der Waals surface area contributed by atoms with Gasteiger partial charge in [-0.15, -0.1) is 0 Å². The molecule has 2 N–H and O–H groups in total. The van der Waals surface area contributed by atoms with Crippen molar-refractivity contribution in [1.82, 2.24) is 10.2 Å². The molecule has 3 aliphatic rings. The maximum absolute atomic E-state index is 12.1. The number of nitrogens with zero attached hydrogens (tertiary/aromatic N) is 1. The van der Waals surface area contributed by atoms with Gasteiger partial charge in [-0.25, -0.2) is 0 Å². The van der Waals surface area contributed by atoms with Gasteiger partial charge in [0.25, 0.3) is 0 Å². The van der Waals surface area contributed by atoms with Crippen LogP contribution in [0.3, 0.4) is 0 Å². The van der Waals surface area contributed by atoms with Gasteiger partial charge in [0.2, 0.25) is 5.91 Å². The third-order valence-corrected chi connectivity index (χ3v) is 6.05. The van der Waals surface area contributed by atoms with Crippen LogP contribution in [0.25, 0.3) is 0 Å². The molecule has 1 aliphatic heterocycles. The van der Waals surface area contributed by atoms with E-state index in [-0.39, 0.29) is 11.8 Å². The third kappa shape index (κ3) is 3.14. The van der Waals surface area contributed by atoms with Gasteiger partial charge < -0.3 is 10.4 Å². The Bertz CT molecular complexity index is 434. The second-order valence-corrected chi connectivity index (χ2v) is 7.53. The largest absolute Gasteiger partial charge is 0.481 e. The summed E-state index contributed by atoms with van der Waals surface area (Å²) in [5.41, 5.74) is -0.580. The molecule has 0 aromatic carbocycles. The van der Waals surface area contributed by atoms with Crippen molar-refractivity contribution < 1.29 is 14.7 Å². The highest BCUT2D eigenvalue weighted by Crippen LogP contribution is 2.48. The number of hydrogen-bond donors (Lipinski definition) is 2. The van der Waals surface area contributed by atoms with Crippen molar-refractivity contribution in [1.29, 1.82) is 0 Å². The molecular weight excluding hydrogens is 280 g/mol. The molecule has 0 aromatic heterocycles. The molecule has 0 bridgehead atoms. The highest BCUT2D eigenvalue weighted by Gasteiger charge is 2.54. The maximum atomic E-state index is 12.1. The number of carboxylic acids is 1. The Kier molecular flexibility index (Phi) is 4.71. The van der Waals surface area contributed by atoms with Crippen molar-refractivity contribution in [3.8, 4) is 0 Å². The molecule has 0 unspecified atom stereocenters. The van der Waals surface area contributed by atoms with Crippen molar-refractivity contribution >= 4 is 11.9 Å². The van der Waals surface area contributed by atoms with Crippen LogP contribution in [0.1, 0.15) is 51.4 Å². The summed E-state index contributed by atoms with van der Waals surface area (Å²) in [6, 6.07) is 0. The predicted octanol–water partition coefficient (Wildman–Crippen LogP) is 1.87. The van der Waals surface area contributed by atoms with Gasteiger partial charge in [0, 0.05) is 19.6 Å². The average molecular weight is 308 g/mol. The Balaban J connectivity index is 1.45. The number of carboxylic acid groups (broad SMARTS) is 1. The minimum atomic E-state index is -0.667. The first-order chi connectivity index (χ1) is 10.6. The van der Waals surface area contributed by atoms with E-state index < -0.39 is 11.4 Å². The van der Waals surface area contributed by atoms with E-state index in [0.29, 0.717) is 19.0 Å². The first-order valence-electron chi connectivity index (χ1n) is 8.82. The predicted molar refractivity (Wildman–Crippen MR) is 83.4 cm³/mol. The van der Waals surface area contributed by atoms with E-state index in [1.165, 1.54) is 32.1 Å². The molecule has 124 valence electrons. The maximum Gasteiger partial charge on any atom is 0.311 e. The van der Waals surface area contributed by atoms with Crippen LogP contribution in [0.2, 0.25) is 0 Å². The Morgan fingerprint density at radius 2 is 1.91 bits per heavy atom. The van der Waals surface area contributed by atoms with E-state index in [4.69, 9.17) is 0 Å². The lowest BCUT2D eigenvalue weighted by Crippen LogP contribution is -2.40. The fourth-order valence-electron chi connectivity index (χ4n) is 4.77. The molecule has 1 amide bonds. The summed E-state index contributed by atoms with van der Waals surface area (Å²) in [6.45, 7) is 2.46. The molecule has 3 fully saturated rings. The van der Waals surface area contributed by atoms with Gasteiger partial charge >= 0.3 is 5.97 Å². The number of hydrogen-bond acceptors (Lipinski definition) is 3. The number of fused-ring (bicyclic) bond motifs is 1. The van der Waals surface area contributed by atoms with Crippen LogP contribution in [0.15, 0.2) is 0 Å². The zero-order valence-corrected chi connectivity index (χ0v) is 13.4. The Labute approximate surface area is 132 Å². The molecule has 2 atom stereocenters. The number of carbonyl (C=O) groups is 2. The number of rotatable bonds is 5. The van der Waals surface area contributed by atoms with Crippen molar-refractivity contribution in [2.75, 3.05) is 26.2 Å². The quantitative estimate of drug-likeness (QED) is 0.813. The first-order valence-corrected chi connectivity index (χ1v) is 8.82. The lowest BCUT2D eigenvalue weighted by molar-refractivity contribution is -0.149. The van der Waals surface area contributed by atoms with Crippen molar-refractivity contribution in [3.05, 3.63) is 0 Å². The molecule has 5 heteroatoms. The van der Waals surface area contributed by atoms with E-state index in [9.17, 15) is 14.7 Å². The smallest absolute Gasteiger partial charge is 0.311 e. The van der Waals surface area contributed by atoms with E-state index in [1.807, 2.05) is 4.90 Å². The monoisotopic (exact) mass is 308 g/mol. The zero-order valence-electron chi connectivity index (χ0n) is 13.4. The van der Waals surface area contributed by atoms with Gasteiger partial charge in [0.1, 0.15) is 0 Å². The summed E-state index contributed by atoms with van der Waals surface area (Å²) in [7, 11) is 0. The first kappa shape index (κ1) is 15.8. The van der Waals surface area contributed by atoms with Gasteiger partial charge in [-0.1, -0.05) is 25.7 Å². The van der Waals surface area contributed by atoms with E-state index in [0.717, 1.165) is 32.4 Å². The van der Waals surface area contributed by atoms with E-state index in [1.54, 1.807) is 0 Å². The highest BCUT2D eigenvalue weighted by molar-refractivity contribution is 5.79.